The van der Waals surface area contributed by atoms with Crippen molar-refractivity contribution in [1.29, 1.82) is 0 Å². The van der Waals surface area contributed by atoms with Crippen molar-refractivity contribution in [2.45, 2.75) is 17.4 Å². The first kappa shape index (κ1) is 13.7. The Kier molecular flexibility index (Phi) is 4.20. The van der Waals surface area contributed by atoms with Crippen molar-refractivity contribution in [1.82, 2.24) is 25.0 Å². The molecular formula is C14H15N5OS. The molecular weight excluding hydrogens is 286 g/mol. The molecule has 0 spiro atoms. The topological polar surface area (TPSA) is 68.6 Å². The number of aromatic nitrogens is 5. The molecule has 3 rings (SSSR count). The van der Waals surface area contributed by atoms with Gasteiger partial charge in [0.05, 0.1) is 6.20 Å². The monoisotopic (exact) mass is 301 g/mol. The minimum absolute atomic E-state index is 0.469. The summed E-state index contributed by atoms with van der Waals surface area (Å²) in [5, 5.41) is 11.3. The van der Waals surface area contributed by atoms with Crippen LogP contribution in [0.1, 0.15) is 11.4 Å². The lowest BCUT2D eigenvalue weighted by Gasteiger charge is -2.07. The predicted molar refractivity (Wildman–Crippen MR) is 79.9 cm³/mol. The molecule has 2 heterocycles. The van der Waals surface area contributed by atoms with E-state index in [4.69, 9.17) is 4.74 Å². The fourth-order valence-electron chi connectivity index (χ4n) is 1.78. The average Bonchev–Trinajstić information content (AvgIpc) is 3.16. The van der Waals surface area contributed by atoms with E-state index in [1.807, 2.05) is 29.9 Å². The Bertz CT molecular complexity index is 678. The largest absolute Gasteiger partial charge is 0.486 e. The number of hydrogen-bond acceptors (Lipinski definition) is 5. The minimum atomic E-state index is 0.469. The second-order valence-corrected chi connectivity index (χ2v) is 5.48. The van der Waals surface area contributed by atoms with Crippen molar-refractivity contribution in [2.75, 3.05) is 0 Å². The molecule has 7 heteroatoms. The fourth-order valence-corrected chi connectivity index (χ4v) is 2.52. The smallest absolute Gasteiger partial charge is 0.146 e. The Morgan fingerprint density at radius 2 is 2.14 bits per heavy atom. The Morgan fingerprint density at radius 1 is 1.29 bits per heavy atom. The summed E-state index contributed by atoms with van der Waals surface area (Å²) >= 11 is 1.64. The number of aromatic amines is 1. The zero-order valence-corrected chi connectivity index (χ0v) is 12.4. The minimum Gasteiger partial charge on any atom is -0.486 e. The maximum Gasteiger partial charge on any atom is 0.146 e. The van der Waals surface area contributed by atoms with Gasteiger partial charge in [-0.05, 0) is 17.7 Å². The number of nitrogens with one attached hydrogen (secondary N) is 1. The number of aryl methyl sites for hydroxylation is 1. The van der Waals surface area contributed by atoms with Gasteiger partial charge in [-0.15, -0.1) is 5.10 Å². The number of ether oxygens (including phenoxy) is 1. The maximum absolute atomic E-state index is 5.72. The highest BCUT2D eigenvalue weighted by Crippen LogP contribution is 2.21. The molecule has 0 atom stereocenters. The van der Waals surface area contributed by atoms with Crippen molar-refractivity contribution in [3.05, 3.63) is 54.2 Å². The van der Waals surface area contributed by atoms with Gasteiger partial charge in [-0.2, -0.15) is 10.3 Å². The molecule has 6 nitrogen and oxygen atoms in total. The summed E-state index contributed by atoms with van der Waals surface area (Å²) in [5.41, 5.74) is 1.22. The van der Waals surface area contributed by atoms with Crippen LogP contribution in [-0.2, 0) is 19.4 Å². The molecule has 1 N–H and O–H groups in total. The first-order valence-electron chi connectivity index (χ1n) is 6.48. The third kappa shape index (κ3) is 3.63. The molecule has 0 unspecified atom stereocenters. The molecule has 3 aromatic rings. The normalized spacial score (nSPS) is 10.7. The lowest BCUT2D eigenvalue weighted by atomic mass is 10.2. The molecule has 0 radical (unpaired) electrons. The molecule has 0 saturated heterocycles. The Balaban J connectivity index is 1.53. The van der Waals surface area contributed by atoms with E-state index in [0.717, 1.165) is 22.4 Å². The van der Waals surface area contributed by atoms with E-state index in [2.05, 4.69) is 32.5 Å². The van der Waals surface area contributed by atoms with Gasteiger partial charge >= 0.3 is 0 Å². The first-order chi connectivity index (χ1) is 10.3. The molecule has 108 valence electrons. The van der Waals surface area contributed by atoms with E-state index in [1.165, 1.54) is 5.56 Å². The van der Waals surface area contributed by atoms with Crippen LogP contribution in [0.25, 0.3) is 0 Å². The number of imidazole rings is 1. The lowest BCUT2D eigenvalue weighted by Crippen LogP contribution is -2.02. The van der Waals surface area contributed by atoms with Crippen molar-refractivity contribution in [3.63, 3.8) is 0 Å². The number of rotatable bonds is 6. The number of benzene rings is 1. The van der Waals surface area contributed by atoms with E-state index in [-0.39, 0.29) is 0 Å². The van der Waals surface area contributed by atoms with E-state index in [1.54, 1.807) is 24.2 Å². The van der Waals surface area contributed by atoms with Gasteiger partial charge in [-0.1, -0.05) is 23.9 Å². The number of H-pyrrole nitrogens is 1. The summed E-state index contributed by atoms with van der Waals surface area (Å²) in [5.74, 6) is 2.60. The standard InChI is InChI=1S/C14H15N5OS/c1-19-7-6-15-13(19)9-20-12-4-2-11(3-5-12)10-21-14-8-16-18-17-14/h2-8H,9-10H2,1H3,(H,16,17,18). The van der Waals surface area contributed by atoms with Gasteiger partial charge in [0, 0.05) is 25.2 Å². The number of thioether (sulfide) groups is 1. The van der Waals surface area contributed by atoms with Gasteiger partial charge < -0.3 is 9.30 Å². The number of nitrogens with zero attached hydrogens (tertiary/aromatic N) is 4. The van der Waals surface area contributed by atoms with Crippen molar-refractivity contribution in [3.8, 4) is 5.75 Å². The predicted octanol–water partition coefficient (Wildman–Crippen LogP) is 2.41. The zero-order chi connectivity index (χ0) is 14.5. The molecule has 0 bridgehead atoms. The molecule has 0 aliphatic carbocycles. The quantitative estimate of drug-likeness (QED) is 0.708. The van der Waals surface area contributed by atoms with Crippen LogP contribution in [0.2, 0.25) is 0 Å². The molecule has 0 saturated carbocycles. The van der Waals surface area contributed by atoms with Gasteiger partial charge in [0.1, 0.15) is 23.2 Å². The van der Waals surface area contributed by atoms with Crippen molar-refractivity contribution >= 4 is 11.8 Å². The second kappa shape index (κ2) is 6.45. The summed E-state index contributed by atoms with van der Waals surface area (Å²) < 4.78 is 7.67. The van der Waals surface area contributed by atoms with Gasteiger partial charge in [-0.25, -0.2) is 4.98 Å². The van der Waals surface area contributed by atoms with Gasteiger partial charge in [0.2, 0.25) is 0 Å². The van der Waals surface area contributed by atoms with Crippen LogP contribution >= 0.6 is 11.8 Å². The van der Waals surface area contributed by atoms with Gasteiger partial charge in [0.25, 0.3) is 0 Å². The fraction of sp³-hybridized carbons (Fsp3) is 0.214. The summed E-state index contributed by atoms with van der Waals surface area (Å²) in [4.78, 5) is 4.23. The van der Waals surface area contributed by atoms with Crippen LogP contribution in [0.5, 0.6) is 5.75 Å². The van der Waals surface area contributed by atoms with Crippen molar-refractivity contribution < 1.29 is 4.74 Å². The highest BCUT2D eigenvalue weighted by atomic mass is 32.2. The zero-order valence-electron chi connectivity index (χ0n) is 11.6. The van der Waals surface area contributed by atoms with Crippen molar-refractivity contribution in [2.24, 2.45) is 7.05 Å². The molecule has 0 aliphatic heterocycles. The Hall–Kier alpha value is -2.28. The Labute approximate surface area is 126 Å². The Morgan fingerprint density at radius 3 is 2.81 bits per heavy atom. The van der Waals surface area contributed by atoms with E-state index < -0.39 is 0 Å². The second-order valence-electron chi connectivity index (χ2n) is 4.48. The van der Waals surface area contributed by atoms with Crippen LogP contribution < -0.4 is 4.74 Å². The summed E-state index contributed by atoms with van der Waals surface area (Å²) in [7, 11) is 1.95. The number of hydrogen-bond donors (Lipinski definition) is 1. The third-order valence-corrected chi connectivity index (χ3v) is 3.96. The van der Waals surface area contributed by atoms with E-state index in [0.29, 0.717) is 6.61 Å². The van der Waals surface area contributed by atoms with Crippen LogP contribution in [0.3, 0.4) is 0 Å². The SMILES string of the molecule is Cn1ccnc1COc1ccc(CSc2cn[nH]n2)cc1. The summed E-state index contributed by atoms with van der Waals surface area (Å²) in [6.45, 7) is 0.469. The van der Waals surface area contributed by atoms with Crippen LogP contribution in [0, 0.1) is 0 Å². The molecule has 1 aromatic carbocycles. The maximum atomic E-state index is 5.72. The van der Waals surface area contributed by atoms with Crippen LogP contribution in [0.4, 0.5) is 0 Å². The molecule has 0 amide bonds. The average molecular weight is 301 g/mol. The van der Waals surface area contributed by atoms with Gasteiger partial charge in [0.15, 0.2) is 0 Å². The third-order valence-electron chi connectivity index (χ3n) is 2.99. The highest BCUT2D eigenvalue weighted by Gasteiger charge is 2.02. The molecule has 2 aromatic heterocycles. The first-order valence-corrected chi connectivity index (χ1v) is 7.46. The molecule has 0 aliphatic rings. The molecule has 21 heavy (non-hydrogen) atoms. The van der Waals surface area contributed by atoms with E-state index >= 15 is 0 Å². The van der Waals surface area contributed by atoms with Crippen LogP contribution in [-0.4, -0.2) is 25.0 Å². The lowest BCUT2D eigenvalue weighted by molar-refractivity contribution is 0.292. The summed E-state index contributed by atoms with van der Waals surface area (Å²) in [6, 6.07) is 8.06. The molecule has 0 fully saturated rings. The van der Waals surface area contributed by atoms with Gasteiger partial charge in [-0.3, -0.25) is 0 Å². The summed E-state index contributed by atoms with van der Waals surface area (Å²) in [6.07, 6.45) is 5.39. The van der Waals surface area contributed by atoms with Crippen LogP contribution in [0.15, 0.2) is 47.9 Å². The van der Waals surface area contributed by atoms with E-state index in [9.17, 15) is 0 Å². The highest BCUT2D eigenvalue weighted by molar-refractivity contribution is 7.98.